The predicted molar refractivity (Wildman–Crippen MR) is 360 cm³/mol. The summed E-state index contributed by atoms with van der Waals surface area (Å²) in [4.78, 5) is 10.7. The SMILES string of the molecule is CC1(C)c2ccccc2-c2c1cc1c3c2N(c2ccccc2)c2c(sc4ccccc24)B3c2cc3c(cc2N1c1ccccc1)N(c1ccccc1)c1cc2c(c4c1B3c1sc3ccccc3c1N4c1ccccc1)-c1ccccc1C2(C)C. The first-order chi connectivity index (χ1) is 41.3. The van der Waals surface area contributed by atoms with Crippen molar-refractivity contribution < 1.29 is 0 Å². The molecule has 4 aliphatic heterocycles. The van der Waals surface area contributed by atoms with Gasteiger partial charge in [0.05, 0.1) is 22.7 Å². The molecule has 6 heterocycles. The Labute approximate surface area is 497 Å². The molecule has 8 heteroatoms. The van der Waals surface area contributed by atoms with Crippen molar-refractivity contribution in [2.45, 2.75) is 38.5 Å². The first-order valence-electron chi connectivity index (χ1n) is 29.5. The Morgan fingerprint density at radius 1 is 0.310 bits per heavy atom. The molecule has 2 aliphatic carbocycles. The van der Waals surface area contributed by atoms with Crippen molar-refractivity contribution in [1.29, 1.82) is 0 Å². The summed E-state index contributed by atoms with van der Waals surface area (Å²) in [6.45, 7) is 9.57. The summed E-state index contributed by atoms with van der Waals surface area (Å²) in [6.07, 6.45) is 0. The third kappa shape index (κ3) is 5.94. The van der Waals surface area contributed by atoms with E-state index in [0.29, 0.717) is 0 Å². The molecule has 19 rings (SSSR count). The number of anilines is 12. The number of hydrogen-bond donors (Lipinski definition) is 0. The number of fused-ring (bicyclic) bond motifs is 20. The maximum absolute atomic E-state index is 2.72. The summed E-state index contributed by atoms with van der Waals surface area (Å²) < 4.78 is 5.36. The van der Waals surface area contributed by atoms with Crippen molar-refractivity contribution in [3.63, 3.8) is 0 Å². The second-order valence-electron chi connectivity index (χ2n) is 24.6. The fraction of sp³-hybridized carbons (Fsp3) is 0.0789. The Morgan fingerprint density at radius 2 is 0.655 bits per heavy atom. The monoisotopic (exact) mass is 1110 g/mol. The summed E-state index contributed by atoms with van der Waals surface area (Å²) in [5, 5.41) is 2.58. The number of hydrogen-bond acceptors (Lipinski definition) is 6. The van der Waals surface area contributed by atoms with E-state index in [4.69, 9.17) is 0 Å². The lowest BCUT2D eigenvalue weighted by molar-refractivity contribution is 0.660. The average molecular weight is 1110 g/mol. The van der Waals surface area contributed by atoms with Crippen molar-refractivity contribution in [2.75, 3.05) is 19.6 Å². The second kappa shape index (κ2) is 16.7. The number of thiophene rings is 2. The van der Waals surface area contributed by atoms with Crippen LogP contribution in [0.15, 0.2) is 243 Å². The molecule has 0 bridgehead atoms. The molecule has 394 valence electrons. The Hall–Kier alpha value is -9.33. The Balaban J connectivity index is 0.998. The zero-order valence-electron chi connectivity index (χ0n) is 46.9. The van der Waals surface area contributed by atoms with Crippen LogP contribution in [-0.4, -0.2) is 13.4 Å². The van der Waals surface area contributed by atoms with Gasteiger partial charge in [0, 0.05) is 97.2 Å². The fourth-order valence-corrected chi connectivity index (χ4v) is 18.8. The van der Waals surface area contributed by atoms with Gasteiger partial charge in [-0.3, -0.25) is 0 Å². The number of rotatable bonds is 4. The molecule has 6 aliphatic rings. The van der Waals surface area contributed by atoms with Crippen molar-refractivity contribution in [3.8, 4) is 22.3 Å². The van der Waals surface area contributed by atoms with Gasteiger partial charge in [0.15, 0.2) is 0 Å². The maximum atomic E-state index is 2.72. The van der Waals surface area contributed by atoms with Crippen LogP contribution in [0.2, 0.25) is 0 Å². The summed E-state index contributed by atoms with van der Waals surface area (Å²) >= 11 is 3.96. The molecule has 0 saturated carbocycles. The van der Waals surface area contributed by atoms with Crippen LogP contribution in [0.5, 0.6) is 0 Å². The Morgan fingerprint density at radius 3 is 1.06 bits per heavy atom. The molecule has 0 atom stereocenters. The minimum absolute atomic E-state index is 0.103. The first-order valence-corrected chi connectivity index (χ1v) is 31.1. The van der Waals surface area contributed by atoms with E-state index >= 15 is 0 Å². The van der Waals surface area contributed by atoms with Crippen LogP contribution in [-0.2, 0) is 10.8 Å². The fourth-order valence-electron chi connectivity index (χ4n) is 16.2. The van der Waals surface area contributed by atoms with Gasteiger partial charge >= 0.3 is 0 Å². The van der Waals surface area contributed by atoms with Crippen molar-refractivity contribution in [1.82, 2.24) is 0 Å². The standard InChI is InChI=1S/C76H52B2N4S2/c1-75(2)53-37-21-17-33-49(53)65-55(75)41-61-67-71(65)81(47-29-13-7-14-30-47)69-51-35-19-23-39-63(51)83-73(69)77(67)57-43-58-60(44-59(57)79(61)45-25-9-5-10-26-45)80(46-27-11-6-12-28-46)62-42-56-66(50-34-18-22-38-54(50)76(56,3)4)72-68(62)78(58)74-70(52-36-20-24-40-64(52)84-74)82(72)48-31-15-8-16-32-48/h5-44H,1-4H3. The normalized spacial score (nSPS) is 15.4. The highest BCUT2D eigenvalue weighted by Gasteiger charge is 2.54. The molecule has 11 aromatic carbocycles. The summed E-state index contributed by atoms with van der Waals surface area (Å²) in [5.41, 5.74) is 30.3. The van der Waals surface area contributed by atoms with Crippen molar-refractivity contribution >= 4 is 156 Å². The van der Waals surface area contributed by atoms with Crippen LogP contribution in [0.3, 0.4) is 0 Å². The highest BCUT2D eigenvalue weighted by atomic mass is 32.1. The van der Waals surface area contributed by atoms with Gasteiger partial charge in [-0.15, -0.1) is 22.7 Å². The minimum Gasteiger partial charge on any atom is -0.311 e. The van der Waals surface area contributed by atoms with Gasteiger partial charge in [-0.25, -0.2) is 0 Å². The predicted octanol–water partition coefficient (Wildman–Crippen LogP) is 16.9. The quantitative estimate of drug-likeness (QED) is 0.163. The third-order valence-corrected chi connectivity index (χ3v) is 22.2. The van der Waals surface area contributed by atoms with Gasteiger partial charge in [0.1, 0.15) is 0 Å². The molecular weight excluding hydrogens is 1050 g/mol. The lowest BCUT2D eigenvalue weighted by atomic mass is 9.32. The summed E-state index contributed by atoms with van der Waals surface area (Å²) in [5.74, 6) is 0. The molecule has 0 spiro atoms. The number of nitrogens with zero attached hydrogens (tertiary/aromatic N) is 4. The molecule has 0 saturated heterocycles. The van der Waals surface area contributed by atoms with E-state index in [0.717, 1.165) is 11.4 Å². The van der Waals surface area contributed by atoms with Crippen LogP contribution < -0.4 is 51.0 Å². The minimum atomic E-state index is -0.277. The van der Waals surface area contributed by atoms with E-state index in [9.17, 15) is 0 Å². The smallest absolute Gasteiger partial charge is 0.264 e. The van der Waals surface area contributed by atoms with Gasteiger partial charge in [0.25, 0.3) is 13.4 Å². The van der Waals surface area contributed by atoms with Crippen molar-refractivity contribution in [3.05, 3.63) is 265 Å². The molecule has 2 aromatic heterocycles. The van der Waals surface area contributed by atoms with Gasteiger partial charge in [0.2, 0.25) is 0 Å². The van der Waals surface area contributed by atoms with Gasteiger partial charge in [-0.1, -0.05) is 191 Å². The molecule has 0 N–H and O–H groups in total. The largest absolute Gasteiger partial charge is 0.311 e. The van der Waals surface area contributed by atoms with Gasteiger partial charge < -0.3 is 19.6 Å². The van der Waals surface area contributed by atoms with Gasteiger partial charge in [-0.2, -0.15) is 0 Å². The molecular formula is C76H52B2N4S2. The topological polar surface area (TPSA) is 13.0 Å². The summed E-state index contributed by atoms with van der Waals surface area (Å²) in [7, 11) is 0. The average Bonchev–Trinajstić information content (AvgIpc) is 1.33. The molecule has 0 amide bonds. The third-order valence-electron chi connectivity index (χ3n) is 19.7. The van der Waals surface area contributed by atoms with Gasteiger partial charge in [-0.05, 0) is 134 Å². The molecule has 0 radical (unpaired) electrons. The van der Waals surface area contributed by atoms with Crippen molar-refractivity contribution in [2.24, 2.45) is 0 Å². The van der Waals surface area contributed by atoms with Crippen LogP contribution in [0.4, 0.5) is 68.2 Å². The zero-order chi connectivity index (χ0) is 55.5. The van der Waals surface area contributed by atoms with E-state index in [1.54, 1.807) is 0 Å². The van der Waals surface area contributed by atoms with E-state index in [1.807, 2.05) is 22.7 Å². The molecule has 84 heavy (non-hydrogen) atoms. The highest BCUT2D eigenvalue weighted by Crippen LogP contribution is 2.61. The Kier molecular flexibility index (Phi) is 9.38. The number of para-hydroxylation sites is 4. The Bertz CT molecular complexity index is 4700. The zero-order valence-corrected chi connectivity index (χ0v) is 48.5. The van der Waals surface area contributed by atoms with E-state index in [2.05, 4.69) is 290 Å². The number of benzene rings is 11. The highest BCUT2D eigenvalue weighted by molar-refractivity contribution is 7.35. The maximum Gasteiger partial charge on any atom is 0.264 e. The van der Waals surface area contributed by atoms with Crippen LogP contribution in [0, 0.1) is 0 Å². The lowest BCUT2D eigenvalue weighted by Crippen LogP contribution is -2.64. The molecule has 0 unspecified atom stereocenters. The van der Waals surface area contributed by atoms with Crippen LogP contribution in [0.25, 0.3) is 42.4 Å². The van der Waals surface area contributed by atoms with E-state index in [-0.39, 0.29) is 24.3 Å². The first kappa shape index (κ1) is 47.2. The molecule has 0 fully saturated rings. The lowest BCUT2D eigenvalue weighted by Gasteiger charge is -2.47. The van der Waals surface area contributed by atoms with Crippen LogP contribution in [0.1, 0.15) is 49.9 Å². The second-order valence-corrected chi connectivity index (χ2v) is 26.8. The van der Waals surface area contributed by atoms with E-state index < -0.39 is 0 Å². The summed E-state index contributed by atoms with van der Waals surface area (Å²) in [6, 6.07) is 92.4. The van der Waals surface area contributed by atoms with Crippen LogP contribution >= 0.6 is 22.7 Å². The molecule has 4 nitrogen and oxygen atoms in total. The molecule has 13 aromatic rings. The van der Waals surface area contributed by atoms with E-state index in [1.165, 1.54) is 153 Å².